The van der Waals surface area contributed by atoms with Gasteiger partial charge < -0.3 is 69.6 Å². The lowest BCUT2D eigenvalue weighted by Gasteiger charge is -2.72. The summed E-state index contributed by atoms with van der Waals surface area (Å²) in [6, 6.07) is 0. The number of aliphatic hydroxyl groups excluding tert-OH is 8. The van der Waals surface area contributed by atoms with Gasteiger partial charge in [-0.2, -0.15) is 0 Å². The molecular weight excluding hydrogens is 728 g/mol. The maximum absolute atomic E-state index is 12.4. The predicted octanol–water partition coefficient (Wildman–Crippen LogP) is 1.36. The van der Waals surface area contributed by atoms with Crippen LogP contribution in [0.5, 0.6) is 0 Å². The Morgan fingerprint density at radius 1 is 0.732 bits per heavy atom. The van der Waals surface area contributed by atoms with Gasteiger partial charge in [0.1, 0.15) is 42.7 Å². The van der Waals surface area contributed by atoms with Gasteiger partial charge in [0.2, 0.25) is 0 Å². The Hall–Kier alpha value is -0.560. The van der Waals surface area contributed by atoms with Gasteiger partial charge in [-0.05, 0) is 124 Å². The van der Waals surface area contributed by atoms with Crippen molar-refractivity contribution in [1.82, 2.24) is 0 Å². The molecule has 3 saturated heterocycles. The molecule has 4 aliphatic carbocycles. The van der Waals surface area contributed by atoms with E-state index < -0.39 is 114 Å². The third-order valence-electron chi connectivity index (χ3n) is 17.3. The zero-order valence-corrected chi connectivity index (χ0v) is 34.8. The molecule has 324 valence electrons. The third-order valence-corrected chi connectivity index (χ3v) is 17.3. The van der Waals surface area contributed by atoms with E-state index in [9.17, 15) is 46.0 Å². The second kappa shape index (κ2) is 14.5. The normalized spacial score (nSPS) is 57.3. The zero-order chi connectivity index (χ0) is 41.3. The first kappa shape index (κ1) is 43.5. The molecule has 1 unspecified atom stereocenters. The summed E-state index contributed by atoms with van der Waals surface area (Å²) < 4.78 is 32.0. The fraction of sp³-hybridized carbons (Fsp3) is 1.00. The van der Waals surface area contributed by atoms with Crippen LogP contribution in [0.2, 0.25) is 0 Å². The van der Waals surface area contributed by atoms with E-state index in [0.29, 0.717) is 25.7 Å². The van der Waals surface area contributed by atoms with E-state index >= 15 is 0 Å². The number of hydrogen-bond acceptors (Lipinski definition) is 14. The Kier molecular flexibility index (Phi) is 11.3. The molecule has 14 nitrogen and oxygen atoms in total. The Bertz CT molecular complexity index is 1430. The first-order valence-corrected chi connectivity index (χ1v) is 21.2. The molecule has 0 radical (unpaired) electrons. The van der Waals surface area contributed by atoms with Gasteiger partial charge >= 0.3 is 0 Å². The Morgan fingerprint density at radius 3 is 2.04 bits per heavy atom. The van der Waals surface area contributed by atoms with Crippen LogP contribution in [0.15, 0.2) is 0 Å². The summed E-state index contributed by atoms with van der Waals surface area (Å²) >= 11 is 0. The van der Waals surface area contributed by atoms with Crippen molar-refractivity contribution in [3.05, 3.63) is 0 Å². The first-order chi connectivity index (χ1) is 25.9. The van der Waals surface area contributed by atoms with Crippen LogP contribution in [0.4, 0.5) is 0 Å². The molecule has 14 heteroatoms. The summed E-state index contributed by atoms with van der Waals surface area (Å²) in [6.07, 6.45) is -11.0. The van der Waals surface area contributed by atoms with Crippen molar-refractivity contribution in [3.8, 4) is 0 Å². The third kappa shape index (κ3) is 6.49. The van der Waals surface area contributed by atoms with Gasteiger partial charge in [0, 0.05) is 0 Å². The number of hydrogen-bond donors (Lipinski definition) is 9. The van der Waals surface area contributed by atoms with Crippen LogP contribution < -0.4 is 0 Å². The van der Waals surface area contributed by atoms with Crippen molar-refractivity contribution in [2.75, 3.05) is 6.61 Å². The first-order valence-electron chi connectivity index (χ1n) is 21.2. The molecule has 0 amide bonds. The monoisotopic (exact) mass is 800 g/mol. The van der Waals surface area contributed by atoms with E-state index in [1.165, 1.54) is 6.92 Å². The molecule has 0 aromatic heterocycles. The molecule has 9 N–H and O–H groups in total. The Labute approximate surface area is 331 Å². The number of rotatable bonds is 7. The van der Waals surface area contributed by atoms with Gasteiger partial charge in [-0.15, -0.1) is 0 Å². The average molecular weight is 801 g/mol. The molecule has 3 aliphatic heterocycles. The van der Waals surface area contributed by atoms with Crippen molar-refractivity contribution < 1.29 is 69.6 Å². The van der Waals surface area contributed by atoms with Crippen molar-refractivity contribution in [3.63, 3.8) is 0 Å². The topological polar surface area (TPSA) is 228 Å². The van der Waals surface area contributed by atoms with Crippen LogP contribution in [-0.4, -0.2) is 150 Å². The fourth-order valence-electron chi connectivity index (χ4n) is 14.1. The van der Waals surface area contributed by atoms with Crippen LogP contribution in [-0.2, 0) is 23.7 Å². The molecular formula is C42H72O14. The second-order valence-corrected chi connectivity index (χ2v) is 21.2. The molecule has 7 fully saturated rings. The Balaban J connectivity index is 1.26. The smallest absolute Gasteiger partial charge is 0.187 e. The minimum absolute atomic E-state index is 0.0557. The summed E-state index contributed by atoms with van der Waals surface area (Å²) in [5, 5.41) is 99.5. The Morgan fingerprint density at radius 2 is 1.41 bits per heavy atom. The minimum atomic E-state index is -1.70. The van der Waals surface area contributed by atoms with Crippen LogP contribution in [0.1, 0.15) is 114 Å². The van der Waals surface area contributed by atoms with Crippen molar-refractivity contribution in [1.29, 1.82) is 0 Å². The van der Waals surface area contributed by atoms with Gasteiger partial charge in [-0.3, -0.25) is 0 Å². The SMILES string of the molecule is C[C@@H]1O[C@@H](O[C@H]2[C@H](O[C@H]3C[C@]4(C)[C@H](C[C@@H](O)[C@@H]5[C@@H]([C@]6(C)CCC(C(C)(C)O)O6)CC[C@]54C)[C@@]4(C)CC[C@H](O)C(C)(C)[C@H]34)O[C@H](CO)[C@@H](O)[C@@H]2O)[C@H](O)[C@H](O)[C@H]1O. The number of fused-ring (bicyclic) bond motifs is 5. The van der Waals surface area contributed by atoms with Crippen LogP contribution in [0.25, 0.3) is 0 Å². The maximum Gasteiger partial charge on any atom is 0.187 e. The van der Waals surface area contributed by atoms with Gasteiger partial charge in [-0.25, -0.2) is 0 Å². The zero-order valence-electron chi connectivity index (χ0n) is 34.8. The lowest BCUT2D eigenvalue weighted by atomic mass is 9.34. The van der Waals surface area contributed by atoms with E-state index in [2.05, 4.69) is 41.5 Å². The minimum Gasteiger partial charge on any atom is -0.394 e. The molecule has 0 bridgehead atoms. The summed E-state index contributed by atoms with van der Waals surface area (Å²) in [5.41, 5.74) is -3.36. The van der Waals surface area contributed by atoms with Crippen LogP contribution in [0.3, 0.4) is 0 Å². The maximum atomic E-state index is 12.4. The van der Waals surface area contributed by atoms with Gasteiger partial charge in [0.25, 0.3) is 0 Å². The molecule has 56 heavy (non-hydrogen) atoms. The summed E-state index contributed by atoms with van der Waals surface area (Å²) in [7, 11) is 0. The van der Waals surface area contributed by atoms with Crippen molar-refractivity contribution >= 4 is 0 Å². The van der Waals surface area contributed by atoms with E-state index in [0.717, 1.165) is 25.7 Å². The largest absolute Gasteiger partial charge is 0.394 e. The molecule has 22 atom stereocenters. The van der Waals surface area contributed by atoms with E-state index in [4.69, 9.17) is 23.7 Å². The van der Waals surface area contributed by atoms with Gasteiger partial charge in [0.15, 0.2) is 12.6 Å². The highest BCUT2D eigenvalue weighted by Crippen LogP contribution is 2.76. The highest BCUT2D eigenvalue weighted by molar-refractivity contribution is 5.22. The molecule has 0 aromatic carbocycles. The predicted molar refractivity (Wildman–Crippen MR) is 200 cm³/mol. The van der Waals surface area contributed by atoms with Crippen molar-refractivity contribution in [2.24, 2.45) is 45.3 Å². The fourth-order valence-corrected chi connectivity index (χ4v) is 14.1. The molecule has 0 spiro atoms. The molecule has 3 heterocycles. The van der Waals surface area contributed by atoms with Crippen LogP contribution >= 0.6 is 0 Å². The second-order valence-electron chi connectivity index (χ2n) is 21.2. The average Bonchev–Trinajstić information content (AvgIpc) is 3.71. The lowest BCUT2D eigenvalue weighted by molar-refractivity contribution is -0.382. The van der Waals surface area contributed by atoms with Crippen molar-refractivity contribution in [2.45, 2.75) is 211 Å². The quantitative estimate of drug-likeness (QED) is 0.166. The molecule has 4 saturated carbocycles. The van der Waals surface area contributed by atoms with Crippen LogP contribution in [0, 0.1) is 45.3 Å². The van der Waals surface area contributed by atoms with Gasteiger partial charge in [0.05, 0.1) is 48.3 Å². The lowest BCUT2D eigenvalue weighted by Crippen LogP contribution is -2.71. The summed E-state index contributed by atoms with van der Waals surface area (Å²) in [6.45, 7) is 17.6. The summed E-state index contributed by atoms with van der Waals surface area (Å²) in [5.74, 6) is -0.246. The van der Waals surface area contributed by atoms with E-state index in [1.807, 2.05) is 0 Å². The van der Waals surface area contributed by atoms with E-state index in [-0.39, 0.29) is 35.2 Å². The van der Waals surface area contributed by atoms with E-state index in [1.54, 1.807) is 13.8 Å². The molecule has 0 aromatic rings. The standard InChI is InChI=1S/C42H72O14/c1-19-28(46)30(48)32(50)35(52-19)55-33-31(49)29(47)23(18-43)54-36(33)53-22-17-41(8)24(39(6)13-11-25(45)37(2,3)34(22)39)16-21(44)27-20(10-14-40(27,41)7)42(9)15-12-26(56-42)38(4,5)51/h19-36,43-51H,10-18H2,1-9H3/t19-,20-,21+,22-,23+,24+,25-,26?,27-,28-,29+,30+,31-,32+,33+,34-,35-,36+,39+,40+,41+,42-/m0/s1. The highest BCUT2D eigenvalue weighted by Gasteiger charge is 2.74. The summed E-state index contributed by atoms with van der Waals surface area (Å²) in [4.78, 5) is 0. The highest BCUT2D eigenvalue weighted by atomic mass is 16.8. The molecule has 7 rings (SSSR count). The number of aliphatic hydroxyl groups is 9. The molecule has 7 aliphatic rings. The van der Waals surface area contributed by atoms with Gasteiger partial charge in [-0.1, -0.05) is 34.6 Å². The number of ether oxygens (including phenoxy) is 5.